The molecule has 6 N–H and O–H groups in total. The molecule has 0 aromatic heterocycles. The number of hydrogen-bond acceptors (Lipinski definition) is 6. The Labute approximate surface area is 140 Å². The zero-order valence-electron chi connectivity index (χ0n) is 13.2. The van der Waals surface area contributed by atoms with Gasteiger partial charge in [-0.25, -0.2) is 4.79 Å². The largest absolute Gasteiger partial charge is 0.480 e. The van der Waals surface area contributed by atoms with Crippen LogP contribution in [0, 0.1) is 5.92 Å². The van der Waals surface area contributed by atoms with Crippen LogP contribution in [0.1, 0.15) is 20.3 Å². The van der Waals surface area contributed by atoms with Gasteiger partial charge in [-0.2, -0.15) is 12.6 Å². The predicted molar refractivity (Wildman–Crippen MR) is 86.9 cm³/mol. The van der Waals surface area contributed by atoms with Gasteiger partial charge in [0.05, 0.1) is 13.1 Å². The molecule has 0 aromatic carbocycles. The highest BCUT2D eigenvalue weighted by Crippen LogP contribution is 2.05. The maximum Gasteiger partial charge on any atom is 0.326 e. The van der Waals surface area contributed by atoms with E-state index in [2.05, 4.69) is 28.6 Å². The highest BCUT2D eigenvalue weighted by Gasteiger charge is 2.26. The van der Waals surface area contributed by atoms with Crippen molar-refractivity contribution in [3.05, 3.63) is 0 Å². The Balaban J connectivity index is 4.57. The molecule has 23 heavy (non-hydrogen) atoms. The number of aliphatic carboxylic acids is 1. The molecule has 0 aromatic rings. The van der Waals surface area contributed by atoms with E-state index in [1.807, 2.05) is 13.8 Å². The van der Waals surface area contributed by atoms with Crippen molar-refractivity contribution in [1.29, 1.82) is 0 Å². The molecule has 0 aliphatic carbocycles. The molecule has 0 saturated heterocycles. The maximum atomic E-state index is 12.1. The Kier molecular flexibility index (Phi) is 9.99. The maximum absolute atomic E-state index is 12.1. The third kappa shape index (κ3) is 9.04. The third-order valence-electron chi connectivity index (χ3n) is 2.79. The number of carbonyl (C=O) groups is 4. The summed E-state index contributed by atoms with van der Waals surface area (Å²) in [7, 11) is 0. The number of amides is 3. The van der Waals surface area contributed by atoms with Gasteiger partial charge in [-0.05, 0) is 12.3 Å². The van der Waals surface area contributed by atoms with E-state index in [1.165, 1.54) is 0 Å². The van der Waals surface area contributed by atoms with Crippen LogP contribution in [-0.2, 0) is 19.2 Å². The van der Waals surface area contributed by atoms with Crippen LogP contribution >= 0.6 is 12.6 Å². The van der Waals surface area contributed by atoms with Crippen LogP contribution < -0.4 is 21.7 Å². The lowest BCUT2D eigenvalue weighted by Crippen LogP contribution is -2.54. The van der Waals surface area contributed by atoms with Gasteiger partial charge in [-0.3, -0.25) is 14.4 Å². The van der Waals surface area contributed by atoms with Crippen molar-refractivity contribution >= 4 is 36.3 Å². The summed E-state index contributed by atoms with van der Waals surface area (Å²) in [5.74, 6) is -2.84. The quantitative estimate of drug-likeness (QED) is 0.254. The molecule has 0 heterocycles. The number of carboxylic acid groups (broad SMARTS) is 1. The molecule has 0 aliphatic heterocycles. The summed E-state index contributed by atoms with van der Waals surface area (Å²) in [6.45, 7) is 3.08. The topological polar surface area (TPSA) is 151 Å². The molecule has 0 bridgehead atoms. The van der Waals surface area contributed by atoms with Gasteiger partial charge in [0.25, 0.3) is 0 Å². The summed E-state index contributed by atoms with van der Waals surface area (Å²) >= 11 is 3.97. The normalized spacial score (nSPS) is 13.1. The Morgan fingerprint density at radius 3 is 2.13 bits per heavy atom. The number of rotatable bonds is 10. The SMILES string of the molecule is CC(C)CC(NC(=O)C(CS)NC(=O)CNC(=O)CN)C(=O)O. The fourth-order valence-electron chi connectivity index (χ4n) is 1.66. The van der Waals surface area contributed by atoms with E-state index in [0.717, 1.165) is 0 Å². The monoisotopic (exact) mass is 348 g/mol. The fraction of sp³-hybridized carbons (Fsp3) is 0.692. The molecule has 9 nitrogen and oxygen atoms in total. The highest BCUT2D eigenvalue weighted by molar-refractivity contribution is 7.80. The molecule has 2 atom stereocenters. The van der Waals surface area contributed by atoms with Gasteiger partial charge in [0, 0.05) is 5.75 Å². The predicted octanol–water partition coefficient (Wildman–Crippen LogP) is -1.91. The van der Waals surface area contributed by atoms with Gasteiger partial charge in [-0.15, -0.1) is 0 Å². The smallest absolute Gasteiger partial charge is 0.326 e. The summed E-state index contributed by atoms with van der Waals surface area (Å²) < 4.78 is 0. The molecule has 0 rings (SSSR count). The summed E-state index contributed by atoms with van der Waals surface area (Å²) in [5.41, 5.74) is 5.08. The van der Waals surface area contributed by atoms with E-state index >= 15 is 0 Å². The molecular weight excluding hydrogens is 324 g/mol. The van der Waals surface area contributed by atoms with Crippen molar-refractivity contribution < 1.29 is 24.3 Å². The minimum atomic E-state index is -1.15. The highest BCUT2D eigenvalue weighted by atomic mass is 32.1. The first-order valence-corrected chi connectivity index (χ1v) is 7.74. The number of hydrogen-bond donors (Lipinski definition) is 6. The lowest BCUT2D eigenvalue weighted by atomic mass is 10.0. The number of carbonyl (C=O) groups excluding carboxylic acids is 3. The zero-order valence-corrected chi connectivity index (χ0v) is 14.1. The van der Waals surface area contributed by atoms with Gasteiger partial charge >= 0.3 is 5.97 Å². The molecule has 0 fully saturated rings. The van der Waals surface area contributed by atoms with Gasteiger partial charge in [0.1, 0.15) is 12.1 Å². The molecule has 10 heteroatoms. The Hall–Kier alpha value is -1.81. The van der Waals surface area contributed by atoms with Crippen LogP contribution in [0.2, 0.25) is 0 Å². The van der Waals surface area contributed by atoms with E-state index in [0.29, 0.717) is 0 Å². The van der Waals surface area contributed by atoms with Crippen LogP contribution in [-0.4, -0.2) is 59.7 Å². The molecule has 0 aliphatic rings. The Morgan fingerprint density at radius 2 is 1.70 bits per heavy atom. The van der Waals surface area contributed by atoms with Gasteiger partial charge in [0.2, 0.25) is 17.7 Å². The van der Waals surface area contributed by atoms with Crippen LogP contribution in [0.15, 0.2) is 0 Å². The molecule has 0 saturated carbocycles. The van der Waals surface area contributed by atoms with Crippen molar-refractivity contribution in [3.63, 3.8) is 0 Å². The number of nitrogens with one attached hydrogen (secondary N) is 3. The second-order valence-electron chi connectivity index (χ2n) is 5.31. The van der Waals surface area contributed by atoms with Crippen LogP contribution in [0.5, 0.6) is 0 Å². The number of thiol groups is 1. The number of nitrogens with two attached hydrogens (primary N) is 1. The van der Waals surface area contributed by atoms with E-state index in [1.54, 1.807) is 0 Å². The molecule has 2 unspecified atom stereocenters. The fourth-order valence-corrected chi connectivity index (χ4v) is 1.91. The van der Waals surface area contributed by atoms with Crippen LogP contribution in [0.3, 0.4) is 0 Å². The lowest BCUT2D eigenvalue weighted by molar-refractivity contribution is -0.142. The van der Waals surface area contributed by atoms with Crippen molar-refractivity contribution in [2.45, 2.75) is 32.4 Å². The molecular formula is C13H24N4O5S. The van der Waals surface area contributed by atoms with Crippen molar-refractivity contribution in [3.8, 4) is 0 Å². The minimum absolute atomic E-state index is 0.0174. The van der Waals surface area contributed by atoms with E-state index in [9.17, 15) is 19.2 Å². The molecule has 132 valence electrons. The molecule has 0 spiro atoms. The van der Waals surface area contributed by atoms with Gasteiger partial charge < -0.3 is 26.8 Å². The van der Waals surface area contributed by atoms with Crippen LogP contribution in [0.4, 0.5) is 0 Å². The second kappa shape index (κ2) is 10.8. The summed E-state index contributed by atoms with van der Waals surface area (Å²) in [6.07, 6.45) is 0.265. The van der Waals surface area contributed by atoms with Crippen molar-refractivity contribution in [2.75, 3.05) is 18.8 Å². The summed E-state index contributed by atoms with van der Waals surface area (Å²) in [6, 6.07) is -2.05. The van der Waals surface area contributed by atoms with Crippen molar-refractivity contribution in [1.82, 2.24) is 16.0 Å². The Morgan fingerprint density at radius 1 is 1.09 bits per heavy atom. The standard InChI is InChI=1S/C13H24N4O5S/c1-7(2)3-8(13(21)22)17-12(20)9(6-23)16-11(19)5-15-10(18)4-14/h7-9,23H,3-6,14H2,1-2H3,(H,15,18)(H,16,19)(H,17,20)(H,21,22). The first-order valence-electron chi connectivity index (χ1n) is 7.11. The molecule has 3 amide bonds. The lowest BCUT2D eigenvalue weighted by Gasteiger charge is -2.21. The van der Waals surface area contributed by atoms with E-state index < -0.39 is 35.8 Å². The average Bonchev–Trinajstić information content (AvgIpc) is 2.48. The first-order chi connectivity index (χ1) is 10.7. The number of carboxylic acids is 1. The van der Waals surface area contributed by atoms with Crippen molar-refractivity contribution in [2.24, 2.45) is 11.7 Å². The minimum Gasteiger partial charge on any atom is -0.480 e. The zero-order chi connectivity index (χ0) is 18.0. The summed E-state index contributed by atoms with van der Waals surface area (Å²) in [4.78, 5) is 45.8. The first kappa shape index (κ1) is 21.2. The summed E-state index contributed by atoms with van der Waals surface area (Å²) in [5, 5.41) is 16.1. The molecule has 0 radical (unpaired) electrons. The van der Waals surface area contributed by atoms with Gasteiger partial charge in [0.15, 0.2) is 0 Å². The van der Waals surface area contributed by atoms with E-state index in [-0.39, 0.29) is 31.2 Å². The second-order valence-corrected chi connectivity index (χ2v) is 5.68. The average molecular weight is 348 g/mol. The van der Waals surface area contributed by atoms with Crippen LogP contribution in [0.25, 0.3) is 0 Å². The van der Waals surface area contributed by atoms with E-state index in [4.69, 9.17) is 10.8 Å². The third-order valence-corrected chi connectivity index (χ3v) is 3.15. The Bertz CT molecular complexity index is 444. The van der Waals surface area contributed by atoms with Gasteiger partial charge in [-0.1, -0.05) is 13.8 Å².